The van der Waals surface area contributed by atoms with Crippen molar-refractivity contribution < 1.29 is 19.6 Å². The number of rotatable bonds is 6. The first-order chi connectivity index (χ1) is 8.47. The van der Waals surface area contributed by atoms with E-state index < -0.39 is 16.8 Å². The molecule has 0 aliphatic carbocycles. The molecule has 0 amide bonds. The lowest BCUT2D eigenvalue weighted by Crippen LogP contribution is -2.08. The van der Waals surface area contributed by atoms with Crippen LogP contribution >= 0.6 is 0 Å². The molecular formula is C12H15NO5. The summed E-state index contributed by atoms with van der Waals surface area (Å²) in [6.45, 7) is 3.76. The van der Waals surface area contributed by atoms with Crippen molar-refractivity contribution in [2.75, 3.05) is 6.61 Å². The van der Waals surface area contributed by atoms with Crippen LogP contribution in [0, 0.1) is 10.1 Å². The summed E-state index contributed by atoms with van der Waals surface area (Å²) in [4.78, 5) is 21.1. The monoisotopic (exact) mass is 253 g/mol. The highest BCUT2D eigenvalue weighted by Crippen LogP contribution is 2.31. The fraction of sp³-hybridized carbons (Fsp3) is 0.417. The van der Waals surface area contributed by atoms with Crippen molar-refractivity contribution in [2.45, 2.75) is 26.2 Å². The molecule has 1 atom stereocenters. The Morgan fingerprint density at radius 2 is 2.22 bits per heavy atom. The largest absolute Gasteiger partial charge is 0.487 e. The van der Waals surface area contributed by atoms with E-state index in [1.807, 2.05) is 6.92 Å². The Morgan fingerprint density at radius 3 is 2.72 bits per heavy atom. The summed E-state index contributed by atoms with van der Waals surface area (Å²) in [6, 6.07) is 4.14. The van der Waals surface area contributed by atoms with E-state index in [1.165, 1.54) is 25.1 Å². The van der Waals surface area contributed by atoms with Gasteiger partial charge < -0.3 is 9.84 Å². The van der Waals surface area contributed by atoms with Gasteiger partial charge in [-0.25, -0.2) is 0 Å². The summed E-state index contributed by atoms with van der Waals surface area (Å²) in [5.74, 6) is -1.59. The molecule has 98 valence electrons. The van der Waals surface area contributed by atoms with Gasteiger partial charge in [0.05, 0.1) is 17.4 Å². The van der Waals surface area contributed by atoms with Gasteiger partial charge >= 0.3 is 11.7 Å². The van der Waals surface area contributed by atoms with Crippen LogP contribution in [0.4, 0.5) is 5.69 Å². The molecule has 0 heterocycles. The topological polar surface area (TPSA) is 89.7 Å². The van der Waals surface area contributed by atoms with Crippen LogP contribution in [-0.2, 0) is 4.79 Å². The number of aliphatic carboxylic acids is 1. The molecule has 0 bridgehead atoms. The molecule has 0 saturated carbocycles. The number of ether oxygens (including phenoxy) is 1. The minimum Gasteiger partial charge on any atom is -0.487 e. The third-order valence-electron chi connectivity index (χ3n) is 2.51. The summed E-state index contributed by atoms with van der Waals surface area (Å²) in [5, 5.41) is 19.7. The van der Waals surface area contributed by atoms with Crippen LogP contribution in [0.25, 0.3) is 0 Å². The lowest BCUT2D eigenvalue weighted by Gasteiger charge is -2.10. The molecule has 1 aromatic carbocycles. The predicted molar refractivity (Wildman–Crippen MR) is 64.9 cm³/mol. The number of carboxylic acid groups (broad SMARTS) is 1. The third-order valence-corrected chi connectivity index (χ3v) is 2.51. The lowest BCUT2D eigenvalue weighted by atomic mass is 10.0. The minimum atomic E-state index is -0.981. The molecule has 1 unspecified atom stereocenters. The summed E-state index contributed by atoms with van der Waals surface area (Å²) in [5.41, 5.74) is 0.337. The predicted octanol–water partition coefficient (Wildman–Crippen LogP) is 2.57. The molecule has 1 N–H and O–H groups in total. The molecule has 6 nitrogen and oxygen atoms in total. The molecule has 18 heavy (non-hydrogen) atoms. The van der Waals surface area contributed by atoms with Crippen molar-refractivity contribution in [1.82, 2.24) is 0 Å². The van der Waals surface area contributed by atoms with Crippen molar-refractivity contribution in [1.29, 1.82) is 0 Å². The molecule has 0 aliphatic heterocycles. The maximum absolute atomic E-state index is 10.9. The summed E-state index contributed by atoms with van der Waals surface area (Å²) in [6.07, 6.45) is 0.718. The van der Waals surface area contributed by atoms with Crippen LogP contribution in [-0.4, -0.2) is 22.6 Å². The zero-order valence-corrected chi connectivity index (χ0v) is 10.3. The van der Waals surface area contributed by atoms with Gasteiger partial charge in [-0.1, -0.05) is 13.0 Å². The Kier molecular flexibility index (Phi) is 4.65. The van der Waals surface area contributed by atoms with Gasteiger partial charge in [0.25, 0.3) is 0 Å². The summed E-state index contributed by atoms with van der Waals surface area (Å²) in [7, 11) is 0. The van der Waals surface area contributed by atoms with Crippen molar-refractivity contribution in [2.24, 2.45) is 0 Å². The average Bonchev–Trinajstić information content (AvgIpc) is 2.34. The van der Waals surface area contributed by atoms with Crippen LogP contribution in [0.15, 0.2) is 18.2 Å². The molecule has 1 rings (SSSR count). The first kappa shape index (κ1) is 14.0. The van der Waals surface area contributed by atoms with Gasteiger partial charge in [0.15, 0.2) is 5.75 Å². The maximum Gasteiger partial charge on any atom is 0.310 e. The number of nitrogens with zero attached hydrogens (tertiary/aromatic N) is 1. The molecule has 0 fully saturated rings. The summed E-state index contributed by atoms with van der Waals surface area (Å²) >= 11 is 0. The minimum absolute atomic E-state index is 0.118. The maximum atomic E-state index is 10.9. The Bertz CT molecular complexity index is 458. The van der Waals surface area contributed by atoms with Crippen molar-refractivity contribution >= 4 is 11.7 Å². The number of benzene rings is 1. The molecule has 0 aromatic heterocycles. The standard InChI is InChI=1S/C12H15NO5/c1-3-6-18-11-7-9(8(2)12(14)15)4-5-10(11)13(16)17/h4-5,7-8H,3,6H2,1-2H3,(H,14,15). The first-order valence-electron chi connectivity index (χ1n) is 5.61. The van der Waals surface area contributed by atoms with Crippen molar-refractivity contribution in [3.63, 3.8) is 0 Å². The van der Waals surface area contributed by atoms with Gasteiger partial charge in [-0.2, -0.15) is 0 Å². The number of carbonyl (C=O) groups is 1. The van der Waals surface area contributed by atoms with E-state index in [0.717, 1.165) is 6.42 Å². The van der Waals surface area contributed by atoms with E-state index in [9.17, 15) is 14.9 Å². The molecule has 0 spiro atoms. The number of nitro benzene ring substituents is 1. The number of hydrogen-bond acceptors (Lipinski definition) is 4. The van der Waals surface area contributed by atoms with E-state index in [0.29, 0.717) is 12.2 Å². The van der Waals surface area contributed by atoms with E-state index in [4.69, 9.17) is 9.84 Å². The zero-order valence-electron chi connectivity index (χ0n) is 10.3. The van der Waals surface area contributed by atoms with Crippen molar-refractivity contribution in [3.8, 4) is 5.75 Å². The molecule has 0 aliphatic rings. The van der Waals surface area contributed by atoms with Gasteiger partial charge in [-0.05, 0) is 25.0 Å². The smallest absolute Gasteiger partial charge is 0.310 e. The van der Waals surface area contributed by atoms with Gasteiger partial charge in [0, 0.05) is 6.07 Å². The normalized spacial score (nSPS) is 11.9. The highest BCUT2D eigenvalue weighted by Gasteiger charge is 2.20. The number of hydrogen-bond donors (Lipinski definition) is 1. The zero-order chi connectivity index (χ0) is 13.7. The van der Waals surface area contributed by atoms with E-state index in [2.05, 4.69) is 0 Å². The van der Waals surface area contributed by atoms with Crippen LogP contribution in [0.1, 0.15) is 31.7 Å². The highest BCUT2D eigenvalue weighted by molar-refractivity contribution is 5.76. The fourth-order valence-electron chi connectivity index (χ4n) is 1.42. The van der Waals surface area contributed by atoms with Gasteiger partial charge in [-0.15, -0.1) is 0 Å². The quantitative estimate of drug-likeness (QED) is 0.621. The number of nitro groups is 1. The van der Waals surface area contributed by atoms with E-state index in [-0.39, 0.29) is 11.4 Å². The van der Waals surface area contributed by atoms with Crippen molar-refractivity contribution in [3.05, 3.63) is 33.9 Å². The molecule has 0 radical (unpaired) electrons. The van der Waals surface area contributed by atoms with Gasteiger partial charge in [0.2, 0.25) is 0 Å². The van der Waals surface area contributed by atoms with Crippen LogP contribution in [0.3, 0.4) is 0 Å². The van der Waals surface area contributed by atoms with Gasteiger partial charge in [-0.3, -0.25) is 14.9 Å². The molecule has 0 saturated heterocycles. The second-order valence-electron chi connectivity index (χ2n) is 3.89. The molecule has 6 heteroatoms. The average molecular weight is 253 g/mol. The Balaban J connectivity index is 3.12. The third kappa shape index (κ3) is 3.19. The first-order valence-corrected chi connectivity index (χ1v) is 5.61. The highest BCUT2D eigenvalue weighted by atomic mass is 16.6. The Morgan fingerprint density at radius 1 is 1.56 bits per heavy atom. The molecule has 1 aromatic rings. The Hall–Kier alpha value is -2.11. The second kappa shape index (κ2) is 6.00. The van der Waals surface area contributed by atoms with Gasteiger partial charge in [0.1, 0.15) is 0 Å². The fourth-order valence-corrected chi connectivity index (χ4v) is 1.42. The van der Waals surface area contributed by atoms with Crippen LogP contribution in [0.5, 0.6) is 5.75 Å². The summed E-state index contributed by atoms with van der Waals surface area (Å²) < 4.78 is 5.28. The number of carboxylic acids is 1. The Labute approximate surface area is 104 Å². The van der Waals surface area contributed by atoms with Crippen LogP contribution < -0.4 is 4.74 Å². The van der Waals surface area contributed by atoms with E-state index in [1.54, 1.807) is 0 Å². The lowest BCUT2D eigenvalue weighted by molar-refractivity contribution is -0.385. The molecular weight excluding hydrogens is 238 g/mol. The second-order valence-corrected chi connectivity index (χ2v) is 3.89. The van der Waals surface area contributed by atoms with E-state index >= 15 is 0 Å². The SMILES string of the molecule is CCCOc1cc(C(C)C(=O)O)ccc1[N+](=O)[O-]. The van der Waals surface area contributed by atoms with Crippen LogP contribution in [0.2, 0.25) is 0 Å².